The molecule has 0 radical (unpaired) electrons. The van der Waals surface area contributed by atoms with Crippen LogP contribution in [0.2, 0.25) is 0 Å². The second-order valence-corrected chi connectivity index (χ2v) is 5.01. The van der Waals surface area contributed by atoms with E-state index in [0.29, 0.717) is 18.9 Å². The third kappa shape index (κ3) is 3.95. The summed E-state index contributed by atoms with van der Waals surface area (Å²) in [6.07, 6.45) is 0.0878. The maximum absolute atomic E-state index is 9.17. The van der Waals surface area contributed by atoms with Crippen molar-refractivity contribution in [3.63, 3.8) is 0 Å². The molecule has 0 saturated heterocycles. The molecule has 0 aliphatic heterocycles. The first kappa shape index (κ1) is 16.2. The van der Waals surface area contributed by atoms with Gasteiger partial charge in [-0.05, 0) is 18.9 Å². The third-order valence-electron chi connectivity index (χ3n) is 3.40. The van der Waals surface area contributed by atoms with Crippen LogP contribution in [0.25, 0.3) is 0 Å². The molecule has 0 aliphatic carbocycles. The quantitative estimate of drug-likeness (QED) is 0.882. The van der Waals surface area contributed by atoms with E-state index in [4.69, 9.17) is 15.3 Å². The number of aromatic nitrogens is 2. The average Bonchev–Trinajstić information content (AvgIpc) is 3.02. The lowest BCUT2D eigenvalue weighted by atomic mass is 10.1. The van der Waals surface area contributed by atoms with E-state index in [1.807, 2.05) is 42.5 Å². The molecule has 6 nitrogen and oxygen atoms in total. The fourth-order valence-electron chi connectivity index (χ4n) is 2.16. The summed E-state index contributed by atoms with van der Waals surface area (Å²) in [4.78, 5) is 6.85. The van der Waals surface area contributed by atoms with Crippen LogP contribution in [0.4, 0.5) is 0 Å². The highest BCUT2D eigenvalue weighted by Crippen LogP contribution is 2.24. The number of nitriles is 3. The molecule has 0 fully saturated rings. The predicted octanol–water partition coefficient (Wildman–Crippen LogP) is 2.61. The Balaban J connectivity index is 2.12. The van der Waals surface area contributed by atoms with Crippen molar-refractivity contribution in [1.82, 2.24) is 9.97 Å². The van der Waals surface area contributed by atoms with Gasteiger partial charge in [-0.3, -0.25) is 0 Å². The Kier molecular flexibility index (Phi) is 5.47. The SMILES string of the molecule is CC(C#N)C(OCCc1ccccc1)c1nc(C#N)c(C#N)[nH]1. The minimum atomic E-state index is -0.613. The number of imidazole rings is 1. The molecule has 2 unspecified atom stereocenters. The Morgan fingerprint density at radius 3 is 2.48 bits per heavy atom. The van der Waals surface area contributed by atoms with Gasteiger partial charge in [0.25, 0.3) is 0 Å². The summed E-state index contributed by atoms with van der Waals surface area (Å²) in [7, 11) is 0. The smallest absolute Gasteiger partial charge is 0.176 e. The number of H-pyrrole nitrogens is 1. The maximum atomic E-state index is 9.17. The van der Waals surface area contributed by atoms with E-state index in [2.05, 4.69) is 16.0 Å². The molecule has 1 N–H and O–H groups in total. The molecule has 2 atom stereocenters. The lowest BCUT2D eigenvalue weighted by Gasteiger charge is -2.17. The summed E-state index contributed by atoms with van der Waals surface area (Å²) in [5.41, 5.74) is 1.24. The zero-order valence-corrected chi connectivity index (χ0v) is 12.7. The van der Waals surface area contributed by atoms with E-state index in [1.165, 1.54) is 0 Å². The number of hydrogen-bond acceptors (Lipinski definition) is 5. The monoisotopic (exact) mass is 305 g/mol. The molecule has 2 rings (SSSR count). The highest BCUT2D eigenvalue weighted by atomic mass is 16.5. The topological polar surface area (TPSA) is 109 Å². The number of ether oxygens (including phenoxy) is 1. The van der Waals surface area contributed by atoms with Crippen LogP contribution in [-0.4, -0.2) is 16.6 Å². The van der Waals surface area contributed by atoms with Crippen molar-refractivity contribution in [2.24, 2.45) is 5.92 Å². The van der Waals surface area contributed by atoms with E-state index in [1.54, 1.807) is 6.92 Å². The van der Waals surface area contributed by atoms with Gasteiger partial charge in [0.2, 0.25) is 0 Å². The molecule has 114 valence electrons. The molecule has 6 heteroatoms. The Morgan fingerprint density at radius 2 is 1.91 bits per heavy atom. The van der Waals surface area contributed by atoms with Crippen molar-refractivity contribution < 1.29 is 4.74 Å². The Bertz CT molecular complexity index is 745. The van der Waals surface area contributed by atoms with Crippen molar-refractivity contribution in [1.29, 1.82) is 15.8 Å². The number of nitrogens with one attached hydrogen (secondary N) is 1. The number of benzene rings is 1. The van der Waals surface area contributed by atoms with Gasteiger partial charge in [-0.2, -0.15) is 15.8 Å². The first-order valence-electron chi connectivity index (χ1n) is 7.14. The Hall–Kier alpha value is -3.14. The summed E-state index contributed by atoms with van der Waals surface area (Å²) >= 11 is 0. The van der Waals surface area contributed by atoms with E-state index >= 15 is 0 Å². The van der Waals surface area contributed by atoms with E-state index in [0.717, 1.165) is 5.56 Å². The van der Waals surface area contributed by atoms with Gasteiger partial charge in [0.1, 0.15) is 24.1 Å². The largest absolute Gasteiger partial charge is 0.369 e. The summed E-state index contributed by atoms with van der Waals surface area (Å²) in [6, 6.07) is 15.7. The minimum Gasteiger partial charge on any atom is -0.369 e. The number of hydrogen-bond donors (Lipinski definition) is 1. The number of aromatic amines is 1. The van der Waals surface area contributed by atoms with E-state index in [9.17, 15) is 5.26 Å². The lowest BCUT2D eigenvalue weighted by Crippen LogP contribution is -2.15. The zero-order valence-electron chi connectivity index (χ0n) is 12.7. The fourth-order valence-corrected chi connectivity index (χ4v) is 2.16. The molecule has 0 amide bonds. The van der Waals surface area contributed by atoms with E-state index < -0.39 is 12.0 Å². The van der Waals surface area contributed by atoms with Crippen molar-refractivity contribution in [3.8, 4) is 18.2 Å². The Morgan fingerprint density at radius 1 is 1.17 bits per heavy atom. The molecule has 0 saturated carbocycles. The third-order valence-corrected chi connectivity index (χ3v) is 3.40. The van der Waals surface area contributed by atoms with Gasteiger partial charge in [-0.1, -0.05) is 30.3 Å². The second kappa shape index (κ2) is 7.75. The summed E-state index contributed by atoms with van der Waals surface area (Å²) in [5, 5.41) is 27.1. The number of nitrogens with zero attached hydrogens (tertiary/aromatic N) is 4. The van der Waals surface area contributed by atoms with Gasteiger partial charge in [0, 0.05) is 0 Å². The van der Waals surface area contributed by atoms with Crippen LogP contribution < -0.4 is 0 Å². The Labute approximate surface area is 134 Å². The van der Waals surface area contributed by atoms with Crippen molar-refractivity contribution >= 4 is 0 Å². The predicted molar refractivity (Wildman–Crippen MR) is 81.6 cm³/mol. The van der Waals surface area contributed by atoms with Crippen LogP contribution in [0.3, 0.4) is 0 Å². The molecule has 1 aromatic heterocycles. The van der Waals surface area contributed by atoms with Crippen LogP contribution in [0, 0.1) is 39.9 Å². The molecular formula is C17H15N5O. The van der Waals surface area contributed by atoms with Crippen LogP contribution in [0.1, 0.15) is 35.8 Å². The normalized spacial score (nSPS) is 12.6. The van der Waals surface area contributed by atoms with Crippen LogP contribution in [0.15, 0.2) is 30.3 Å². The van der Waals surface area contributed by atoms with Gasteiger partial charge in [0.15, 0.2) is 11.4 Å². The van der Waals surface area contributed by atoms with Gasteiger partial charge >= 0.3 is 0 Å². The molecular weight excluding hydrogens is 290 g/mol. The van der Waals surface area contributed by atoms with Crippen LogP contribution >= 0.6 is 0 Å². The van der Waals surface area contributed by atoms with E-state index in [-0.39, 0.29) is 11.4 Å². The summed E-state index contributed by atoms with van der Waals surface area (Å²) in [6.45, 7) is 2.12. The molecule has 2 aromatic rings. The van der Waals surface area contributed by atoms with Gasteiger partial charge in [0.05, 0.1) is 18.6 Å². The van der Waals surface area contributed by atoms with Crippen LogP contribution in [0.5, 0.6) is 0 Å². The highest BCUT2D eigenvalue weighted by Gasteiger charge is 2.25. The summed E-state index contributed by atoms with van der Waals surface area (Å²) in [5.74, 6) is -0.129. The van der Waals surface area contributed by atoms with Gasteiger partial charge in [-0.15, -0.1) is 0 Å². The van der Waals surface area contributed by atoms with Crippen molar-refractivity contribution in [3.05, 3.63) is 53.1 Å². The summed E-state index contributed by atoms with van der Waals surface area (Å²) < 4.78 is 5.81. The van der Waals surface area contributed by atoms with Crippen molar-refractivity contribution in [2.75, 3.05) is 6.61 Å². The average molecular weight is 305 g/mol. The van der Waals surface area contributed by atoms with Crippen LogP contribution in [-0.2, 0) is 11.2 Å². The van der Waals surface area contributed by atoms with Gasteiger partial charge < -0.3 is 9.72 Å². The molecule has 0 aliphatic rings. The molecule has 0 spiro atoms. The molecule has 1 heterocycles. The molecule has 23 heavy (non-hydrogen) atoms. The molecule has 0 bridgehead atoms. The standard InChI is InChI=1S/C17H15N5O/c1-12(9-18)16(17-21-14(10-19)15(11-20)22-17)23-8-7-13-5-3-2-4-6-13/h2-6,12,16H,7-8H2,1H3,(H,21,22). The van der Waals surface area contributed by atoms with Gasteiger partial charge in [-0.25, -0.2) is 4.98 Å². The second-order valence-electron chi connectivity index (χ2n) is 5.01. The maximum Gasteiger partial charge on any atom is 0.176 e. The first-order valence-corrected chi connectivity index (χ1v) is 7.14. The fraction of sp³-hybridized carbons (Fsp3) is 0.294. The lowest BCUT2D eigenvalue weighted by molar-refractivity contribution is 0.0270. The molecule has 1 aromatic carbocycles. The first-order chi connectivity index (χ1) is 11.2. The van der Waals surface area contributed by atoms with Crippen molar-refractivity contribution in [2.45, 2.75) is 19.4 Å². The number of rotatable bonds is 6. The highest BCUT2D eigenvalue weighted by molar-refractivity contribution is 5.36. The zero-order chi connectivity index (χ0) is 16.7. The minimum absolute atomic E-state index is 0.0179.